The topological polar surface area (TPSA) is 49.4 Å². The van der Waals surface area contributed by atoms with E-state index in [4.69, 9.17) is 0 Å². The third kappa shape index (κ3) is 3.21. The second kappa shape index (κ2) is 5.99. The average molecular weight is 362 g/mol. The van der Waals surface area contributed by atoms with Crippen LogP contribution in [0.1, 0.15) is 4.88 Å². The molecule has 0 bridgehead atoms. The normalized spacial score (nSPS) is 17.8. The van der Waals surface area contributed by atoms with Gasteiger partial charge < -0.3 is 5.32 Å². The van der Waals surface area contributed by atoms with Gasteiger partial charge in [0.1, 0.15) is 0 Å². The van der Waals surface area contributed by atoms with Gasteiger partial charge in [0.05, 0.1) is 8.68 Å². The van der Waals surface area contributed by atoms with Crippen LogP contribution in [-0.4, -0.2) is 38.9 Å². The summed E-state index contributed by atoms with van der Waals surface area (Å²) in [5.41, 5.74) is 0. The monoisotopic (exact) mass is 360 g/mol. The molecule has 4 nitrogen and oxygen atoms in total. The molecule has 1 fully saturated rings. The first-order valence-corrected chi connectivity index (χ1v) is 8.03. The minimum atomic E-state index is -3.30. The highest BCUT2D eigenvalue weighted by Gasteiger charge is 2.28. The fourth-order valence-corrected chi connectivity index (χ4v) is 5.54. The molecule has 1 aliphatic rings. The van der Waals surface area contributed by atoms with Crippen LogP contribution in [0.25, 0.3) is 0 Å². The number of nitrogens with one attached hydrogen (secondary N) is 1. The van der Waals surface area contributed by atoms with E-state index in [1.165, 1.54) is 11.3 Å². The predicted octanol–water partition coefficient (Wildman–Crippen LogP) is 1.83. The summed E-state index contributed by atoms with van der Waals surface area (Å²) in [6.45, 7) is 4.39. The van der Waals surface area contributed by atoms with E-state index in [1.54, 1.807) is 10.4 Å². The summed E-state index contributed by atoms with van der Waals surface area (Å²) in [5, 5.41) is 3.15. The van der Waals surface area contributed by atoms with Gasteiger partial charge in [0.15, 0.2) is 0 Å². The van der Waals surface area contributed by atoms with Crippen molar-refractivity contribution < 1.29 is 8.42 Å². The maximum absolute atomic E-state index is 12.3. The molecule has 0 aliphatic carbocycles. The summed E-state index contributed by atoms with van der Waals surface area (Å²) in [7, 11) is -3.30. The van der Waals surface area contributed by atoms with Crippen molar-refractivity contribution in [2.75, 3.05) is 26.2 Å². The van der Waals surface area contributed by atoms with Crippen LogP contribution in [0.3, 0.4) is 0 Å². The first kappa shape index (κ1) is 15.4. The first-order chi connectivity index (χ1) is 7.51. The summed E-state index contributed by atoms with van der Waals surface area (Å²) in [6.07, 6.45) is 0. The van der Waals surface area contributed by atoms with Crippen molar-refractivity contribution in [1.82, 2.24) is 9.62 Å². The van der Waals surface area contributed by atoms with Gasteiger partial charge in [-0.15, -0.1) is 23.7 Å². The van der Waals surface area contributed by atoms with Crippen LogP contribution >= 0.6 is 39.7 Å². The average Bonchev–Trinajstić information content (AvgIpc) is 2.60. The third-order valence-electron chi connectivity index (χ3n) is 2.54. The van der Waals surface area contributed by atoms with Gasteiger partial charge in [0.2, 0.25) is 10.0 Å². The van der Waals surface area contributed by atoms with Gasteiger partial charge in [-0.2, -0.15) is 4.31 Å². The Morgan fingerprint density at radius 3 is 2.47 bits per heavy atom. The van der Waals surface area contributed by atoms with Crippen LogP contribution in [0.4, 0.5) is 0 Å². The number of hydrogen-bond acceptors (Lipinski definition) is 4. The number of sulfonamides is 1. The minimum Gasteiger partial charge on any atom is -0.314 e. The molecule has 17 heavy (non-hydrogen) atoms. The van der Waals surface area contributed by atoms with E-state index >= 15 is 0 Å². The Morgan fingerprint density at radius 1 is 1.41 bits per heavy atom. The Balaban J connectivity index is 0.00000144. The molecule has 1 aliphatic heterocycles. The van der Waals surface area contributed by atoms with Crippen molar-refractivity contribution >= 4 is 49.7 Å². The van der Waals surface area contributed by atoms with E-state index in [1.807, 2.05) is 6.92 Å². The van der Waals surface area contributed by atoms with Crippen LogP contribution in [0, 0.1) is 6.92 Å². The molecule has 0 unspecified atom stereocenters. The molecule has 1 saturated heterocycles. The lowest BCUT2D eigenvalue weighted by atomic mass is 10.4. The largest absolute Gasteiger partial charge is 0.314 e. The van der Waals surface area contributed by atoms with Gasteiger partial charge in [-0.05, 0) is 28.9 Å². The standard InChI is InChI=1S/C9H13BrN2O2S2.ClH/c1-7-8(6-9(10)15-7)16(13,14)12-4-2-11-3-5-12;/h6,11H,2-5H2,1H3;1H. The van der Waals surface area contributed by atoms with Crippen molar-refractivity contribution in [2.24, 2.45) is 0 Å². The molecule has 1 aromatic rings. The van der Waals surface area contributed by atoms with Crippen LogP contribution in [-0.2, 0) is 10.0 Å². The van der Waals surface area contributed by atoms with Crippen molar-refractivity contribution in [1.29, 1.82) is 0 Å². The molecular weight excluding hydrogens is 348 g/mol. The maximum Gasteiger partial charge on any atom is 0.244 e. The van der Waals surface area contributed by atoms with Crippen molar-refractivity contribution in [3.63, 3.8) is 0 Å². The van der Waals surface area contributed by atoms with Crippen molar-refractivity contribution in [2.45, 2.75) is 11.8 Å². The zero-order valence-electron chi connectivity index (χ0n) is 9.27. The van der Waals surface area contributed by atoms with E-state index in [0.717, 1.165) is 21.8 Å². The van der Waals surface area contributed by atoms with Crippen LogP contribution in [0.2, 0.25) is 0 Å². The van der Waals surface area contributed by atoms with E-state index in [0.29, 0.717) is 18.0 Å². The fraction of sp³-hybridized carbons (Fsp3) is 0.556. The number of piperazine rings is 1. The SMILES string of the molecule is Cc1sc(Br)cc1S(=O)(=O)N1CCNCC1.Cl. The molecule has 1 aromatic heterocycles. The quantitative estimate of drug-likeness (QED) is 0.874. The lowest BCUT2D eigenvalue weighted by molar-refractivity contribution is 0.360. The molecule has 2 rings (SSSR count). The second-order valence-corrected chi connectivity index (χ2v) is 8.17. The number of hydrogen-bond donors (Lipinski definition) is 1. The molecule has 98 valence electrons. The number of rotatable bonds is 2. The van der Waals surface area contributed by atoms with Gasteiger partial charge in [-0.3, -0.25) is 0 Å². The molecule has 0 atom stereocenters. The fourth-order valence-electron chi connectivity index (χ4n) is 1.71. The molecule has 1 N–H and O–H groups in total. The van der Waals surface area contributed by atoms with Gasteiger partial charge >= 0.3 is 0 Å². The molecule has 0 amide bonds. The molecule has 0 saturated carbocycles. The Morgan fingerprint density at radius 2 is 2.00 bits per heavy atom. The smallest absolute Gasteiger partial charge is 0.244 e. The summed E-state index contributed by atoms with van der Waals surface area (Å²) in [6, 6.07) is 1.69. The van der Waals surface area contributed by atoms with E-state index < -0.39 is 10.0 Å². The van der Waals surface area contributed by atoms with Gasteiger partial charge in [0, 0.05) is 31.1 Å². The van der Waals surface area contributed by atoms with Gasteiger partial charge in [0.25, 0.3) is 0 Å². The Kier molecular flexibility index (Phi) is 5.42. The number of nitrogens with zero attached hydrogens (tertiary/aromatic N) is 1. The van der Waals surface area contributed by atoms with Crippen molar-refractivity contribution in [3.05, 3.63) is 14.7 Å². The molecule has 0 radical (unpaired) electrons. The predicted molar refractivity (Wildman–Crippen MR) is 75.6 cm³/mol. The lowest BCUT2D eigenvalue weighted by Crippen LogP contribution is -2.46. The summed E-state index contributed by atoms with van der Waals surface area (Å²) >= 11 is 4.78. The Bertz CT molecular complexity index is 483. The second-order valence-electron chi connectivity index (χ2n) is 3.63. The molecule has 0 aromatic carbocycles. The number of aryl methyl sites for hydroxylation is 1. The maximum atomic E-state index is 12.3. The molecule has 0 spiro atoms. The highest BCUT2D eigenvalue weighted by molar-refractivity contribution is 9.11. The lowest BCUT2D eigenvalue weighted by Gasteiger charge is -2.26. The van der Waals surface area contributed by atoms with Crippen LogP contribution < -0.4 is 5.32 Å². The van der Waals surface area contributed by atoms with E-state index in [-0.39, 0.29) is 12.4 Å². The zero-order chi connectivity index (χ0) is 11.8. The molecule has 2 heterocycles. The Hall–Kier alpha value is 0.340. The number of thiophene rings is 1. The van der Waals surface area contributed by atoms with E-state index in [9.17, 15) is 8.42 Å². The van der Waals surface area contributed by atoms with Crippen molar-refractivity contribution in [3.8, 4) is 0 Å². The molecular formula is C9H14BrClN2O2S2. The highest BCUT2D eigenvalue weighted by atomic mass is 79.9. The first-order valence-electron chi connectivity index (χ1n) is 4.98. The zero-order valence-corrected chi connectivity index (χ0v) is 13.3. The van der Waals surface area contributed by atoms with Crippen LogP contribution in [0.15, 0.2) is 14.7 Å². The van der Waals surface area contributed by atoms with Crippen LogP contribution in [0.5, 0.6) is 0 Å². The Labute approximate surface area is 120 Å². The summed E-state index contributed by atoms with van der Waals surface area (Å²) < 4.78 is 27.0. The third-order valence-corrected chi connectivity index (χ3v) is 6.24. The summed E-state index contributed by atoms with van der Waals surface area (Å²) in [5.74, 6) is 0. The number of halogens is 2. The van der Waals surface area contributed by atoms with E-state index in [2.05, 4.69) is 21.2 Å². The highest BCUT2D eigenvalue weighted by Crippen LogP contribution is 2.31. The minimum absolute atomic E-state index is 0. The van der Waals surface area contributed by atoms with Gasteiger partial charge in [-0.1, -0.05) is 0 Å². The van der Waals surface area contributed by atoms with Gasteiger partial charge in [-0.25, -0.2) is 8.42 Å². The summed E-state index contributed by atoms with van der Waals surface area (Å²) in [4.78, 5) is 1.27. The molecule has 8 heteroatoms.